The molecule has 3 rings (SSSR count). The molecule has 1 heterocycles. The van der Waals surface area contributed by atoms with E-state index in [1.807, 2.05) is 23.6 Å². The van der Waals surface area contributed by atoms with Gasteiger partial charge < -0.3 is 14.6 Å². The first kappa shape index (κ1) is 20.9. The van der Waals surface area contributed by atoms with Crippen molar-refractivity contribution in [2.24, 2.45) is 10.1 Å². The number of thiazole rings is 1. The normalized spacial score (nSPS) is 11.8. The predicted octanol–water partition coefficient (Wildman–Crippen LogP) is 4.67. The maximum absolute atomic E-state index is 10.1. The number of methoxy groups -OCH3 is 2. The summed E-state index contributed by atoms with van der Waals surface area (Å²) in [6.45, 7) is 4.19. The van der Waals surface area contributed by atoms with Gasteiger partial charge in [0.25, 0.3) is 0 Å². The lowest BCUT2D eigenvalue weighted by Gasteiger charge is -2.11. The quantitative estimate of drug-likeness (QED) is 0.400. The Bertz CT molecular complexity index is 1120. The summed E-state index contributed by atoms with van der Waals surface area (Å²) in [7, 11) is 3.22. The first-order valence-electron chi connectivity index (χ1n) is 8.64. The molecule has 150 valence electrons. The highest BCUT2D eigenvalue weighted by atomic mass is 79.9. The second-order valence-corrected chi connectivity index (χ2v) is 7.61. The zero-order chi connectivity index (χ0) is 20.8. The molecule has 0 aliphatic heterocycles. The number of ether oxygens (including phenoxy) is 2. The van der Waals surface area contributed by atoms with Crippen molar-refractivity contribution in [1.29, 1.82) is 0 Å². The number of halogens is 1. The number of benzene rings is 2. The van der Waals surface area contributed by atoms with Gasteiger partial charge in [-0.05, 0) is 30.3 Å². The number of rotatable bonds is 7. The fraction of sp³-hybridized carbons (Fsp3) is 0.143. The van der Waals surface area contributed by atoms with E-state index in [0.29, 0.717) is 28.4 Å². The molecule has 0 saturated heterocycles. The number of nitrogens with zero attached hydrogens (tertiary/aromatic N) is 3. The number of hydrogen-bond acceptors (Lipinski definition) is 6. The number of aromatic nitrogens is 1. The Kier molecular flexibility index (Phi) is 6.90. The minimum atomic E-state index is 0.140. The van der Waals surface area contributed by atoms with Gasteiger partial charge in [0.15, 0.2) is 0 Å². The van der Waals surface area contributed by atoms with Crippen LogP contribution in [0.3, 0.4) is 0 Å². The maximum Gasteiger partial charge on any atom is 0.206 e. The van der Waals surface area contributed by atoms with E-state index in [1.165, 1.54) is 11.3 Å². The minimum absolute atomic E-state index is 0.140. The molecule has 0 unspecified atom stereocenters. The van der Waals surface area contributed by atoms with Crippen molar-refractivity contribution < 1.29 is 14.6 Å². The van der Waals surface area contributed by atoms with E-state index in [9.17, 15) is 5.11 Å². The van der Waals surface area contributed by atoms with Gasteiger partial charge in [-0.1, -0.05) is 22.0 Å². The molecule has 1 aromatic heterocycles. The van der Waals surface area contributed by atoms with Crippen molar-refractivity contribution >= 4 is 33.5 Å². The Morgan fingerprint density at radius 2 is 2.03 bits per heavy atom. The first-order valence-corrected chi connectivity index (χ1v) is 10.3. The smallest absolute Gasteiger partial charge is 0.206 e. The van der Waals surface area contributed by atoms with Crippen LogP contribution in [-0.2, 0) is 0 Å². The zero-order valence-corrected chi connectivity index (χ0v) is 18.4. The summed E-state index contributed by atoms with van der Waals surface area (Å²) in [6, 6.07) is 10.8. The van der Waals surface area contributed by atoms with Gasteiger partial charge in [-0.15, -0.1) is 17.9 Å². The van der Waals surface area contributed by atoms with Gasteiger partial charge in [-0.25, -0.2) is 4.68 Å². The van der Waals surface area contributed by atoms with E-state index in [4.69, 9.17) is 9.47 Å². The summed E-state index contributed by atoms with van der Waals surface area (Å²) in [5, 5.41) is 16.7. The summed E-state index contributed by atoms with van der Waals surface area (Å²) in [4.78, 5) is 5.22. The van der Waals surface area contributed by atoms with Gasteiger partial charge >= 0.3 is 0 Å². The standard InChI is InChI=1S/C21H20BrN3O3S/c1-4-9-23-21-25(24-12-14-10-15(22)5-8-19(14)26)18(13-29-21)17-7-6-16(27-2)11-20(17)28-3/h4-8,10-13,26H,1,9H2,2-3H3. The Labute approximate surface area is 181 Å². The molecular weight excluding hydrogens is 454 g/mol. The Hall–Kier alpha value is -2.84. The van der Waals surface area contributed by atoms with Crippen LogP contribution >= 0.6 is 27.3 Å². The van der Waals surface area contributed by atoms with Crippen molar-refractivity contribution in [3.63, 3.8) is 0 Å². The van der Waals surface area contributed by atoms with Crippen LogP contribution in [0.1, 0.15) is 5.56 Å². The number of aromatic hydroxyl groups is 1. The lowest BCUT2D eigenvalue weighted by Crippen LogP contribution is -2.12. The lowest BCUT2D eigenvalue weighted by molar-refractivity contribution is 0.395. The highest BCUT2D eigenvalue weighted by molar-refractivity contribution is 9.10. The van der Waals surface area contributed by atoms with E-state index in [1.54, 1.807) is 49.4 Å². The van der Waals surface area contributed by atoms with E-state index in [-0.39, 0.29) is 5.75 Å². The average Bonchev–Trinajstić information content (AvgIpc) is 3.14. The largest absolute Gasteiger partial charge is 0.507 e. The van der Waals surface area contributed by atoms with E-state index in [0.717, 1.165) is 15.7 Å². The summed E-state index contributed by atoms with van der Waals surface area (Å²) in [6.07, 6.45) is 3.32. The van der Waals surface area contributed by atoms with Gasteiger partial charge in [0.05, 0.1) is 32.7 Å². The van der Waals surface area contributed by atoms with E-state index >= 15 is 0 Å². The zero-order valence-electron chi connectivity index (χ0n) is 16.0. The van der Waals surface area contributed by atoms with Crippen molar-refractivity contribution in [3.05, 3.63) is 69.3 Å². The van der Waals surface area contributed by atoms with Gasteiger partial charge in [0.2, 0.25) is 4.80 Å². The third kappa shape index (κ3) is 4.78. The molecule has 0 atom stereocenters. The molecule has 29 heavy (non-hydrogen) atoms. The molecule has 0 saturated carbocycles. The summed E-state index contributed by atoms with van der Waals surface area (Å²) in [5.74, 6) is 1.50. The van der Waals surface area contributed by atoms with Crippen LogP contribution in [0.4, 0.5) is 0 Å². The molecule has 6 nitrogen and oxygen atoms in total. The van der Waals surface area contributed by atoms with Crippen LogP contribution in [0.2, 0.25) is 0 Å². The molecule has 0 fully saturated rings. The molecular formula is C21H20BrN3O3S. The summed E-state index contributed by atoms with van der Waals surface area (Å²) >= 11 is 4.87. The minimum Gasteiger partial charge on any atom is -0.507 e. The number of phenols is 1. The average molecular weight is 474 g/mol. The first-order chi connectivity index (χ1) is 14.1. The molecule has 0 aliphatic rings. The van der Waals surface area contributed by atoms with Crippen LogP contribution in [0.5, 0.6) is 17.2 Å². The fourth-order valence-corrected chi connectivity index (χ4v) is 3.82. The molecule has 1 N–H and O–H groups in total. The van der Waals surface area contributed by atoms with Crippen molar-refractivity contribution in [2.45, 2.75) is 0 Å². The molecule has 0 bridgehead atoms. The number of hydrogen-bond donors (Lipinski definition) is 1. The van der Waals surface area contributed by atoms with Crippen LogP contribution in [-0.4, -0.2) is 36.8 Å². The lowest BCUT2D eigenvalue weighted by atomic mass is 10.1. The maximum atomic E-state index is 10.1. The molecule has 0 amide bonds. The Balaban J connectivity index is 2.15. The Morgan fingerprint density at radius 3 is 2.76 bits per heavy atom. The van der Waals surface area contributed by atoms with Gasteiger partial charge in [-0.2, -0.15) is 5.10 Å². The summed E-state index contributed by atoms with van der Waals surface area (Å²) in [5.41, 5.74) is 2.24. The van der Waals surface area contributed by atoms with E-state index < -0.39 is 0 Å². The molecule has 2 aromatic carbocycles. The molecule has 0 spiro atoms. The van der Waals surface area contributed by atoms with E-state index in [2.05, 4.69) is 32.6 Å². The molecule has 8 heteroatoms. The molecule has 3 aromatic rings. The van der Waals surface area contributed by atoms with Crippen LogP contribution < -0.4 is 14.3 Å². The van der Waals surface area contributed by atoms with Crippen molar-refractivity contribution in [3.8, 4) is 28.5 Å². The third-order valence-electron chi connectivity index (χ3n) is 4.03. The van der Waals surface area contributed by atoms with Gasteiger partial charge in [0.1, 0.15) is 17.2 Å². The predicted molar refractivity (Wildman–Crippen MR) is 120 cm³/mol. The van der Waals surface area contributed by atoms with Crippen LogP contribution in [0, 0.1) is 0 Å². The highest BCUT2D eigenvalue weighted by Crippen LogP contribution is 2.33. The van der Waals surface area contributed by atoms with Gasteiger partial charge in [-0.3, -0.25) is 4.99 Å². The van der Waals surface area contributed by atoms with Crippen LogP contribution in [0.25, 0.3) is 11.3 Å². The SMILES string of the molecule is C=CCN=c1scc(-c2ccc(OC)cc2OC)n1N=Cc1cc(Br)ccc1O. The fourth-order valence-electron chi connectivity index (χ4n) is 2.61. The molecule has 0 radical (unpaired) electrons. The molecule has 0 aliphatic carbocycles. The highest BCUT2D eigenvalue weighted by Gasteiger charge is 2.14. The second kappa shape index (κ2) is 9.58. The summed E-state index contributed by atoms with van der Waals surface area (Å²) < 4.78 is 13.4. The topological polar surface area (TPSA) is 68.3 Å². The van der Waals surface area contributed by atoms with Crippen molar-refractivity contribution in [2.75, 3.05) is 20.8 Å². The number of phenolic OH excluding ortho intramolecular Hbond substituents is 1. The second-order valence-electron chi connectivity index (χ2n) is 5.86. The van der Waals surface area contributed by atoms with Gasteiger partial charge in [0, 0.05) is 27.0 Å². The Morgan fingerprint density at radius 1 is 1.21 bits per heavy atom. The van der Waals surface area contributed by atoms with Crippen molar-refractivity contribution in [1.82, 2.24) is 4.68 Å². The monoisotopic (exact) mass is 473 g/mol. The third-order valence-corrected chi connectivity index (χ3v) is 5.37. The van der Waals surface area contributed by atoms with Crippen LogP contribution in [0.15, 0.2) is 69.0 Å².